The van der Waals surface area contributed by atoms with Crippen LogP contribution in [0.5, 0.6) is 0 Å². The van der Waals surface area contributed by atoms with Crippen LogP contribution in [0.3, 0.4) is 0 Å². The van der Waals surface area contributed by atoms with E-state index >= 15 is 0 Å². The normalized spacial score (nSPS) is 46.5. The summed E-state index contributed by atoms with van der Waals surface area (Å²) in [6.45, 7) is 3.45. The van der Waals surface area contributed by atoms with Gasteiger partial charge in [-0.2, -0.15) is 0 Å². The molecule has 0 amide bonds. The van der Waals surface area contributed by atoms with E-state index in [-0.39, 0.29) is 6.61 Å². The van der Waals surface area contributed by atoms with Gasteiger partial charge in [0.1, 0.15) is 36.6 Å². The second kappa shape index (κ2) is 5.02. The van der Waals surface area contributed by atoms with Crippen LogP contribution >= 0.6 is 0 Å². The van der Waals surface area contributed by atoms with Crippen molar-refractivity contribution in [2.75, 3.05) is 6.61 Å². The Morgan fingerprint density at radius 3 is 1.67 bits per heavy atom. The molecule has 6 nitrogen and oxygen atoms in total. The third kappa shape index (κ3) is 2.36. The first kappa shape index (κ1) is 12.6. The zero-order valence-electron chi connectivity index (χ0n) is 8.10. The minimum absolute atomic E-state index is 0.0638. The van der Waals surface area contributed by atoms with Crippen molar-refractivity contribution in [2.24, 2.45) is 0 Å². The molecule has 88 valence electrons. The molecule has 2 unspecified atom stereocenters. The highest BCUT2D eigenvalue weighted by Gasteiger charge is 2.48. The van der Waals surface area contributed by atoms with Gasteiger partial charge in [-0.15, -0.1) is 6.58 Å². The van der Waals surface area contributed by atoms with Crippen LogP contribution in [-0.4, -0.2) is 68.8 Å². The van der Waals surface area contributed by atoms with Gasteiger partial charge >= 0.3 is 0 Å². The fraction of sp³-hybridized carbons (Fsp3) is 0.778. The predicted octanol–water partition coefficient (Wildman–Crippen LogP) is -2.62. The maximum absolute atomic E-state index is 9.48. The molecule has 0 spiro atoms. The second-order valence-corrected chi connectivity index (χ2v) is 3.54. The Kier molecular flexibility index (Phi) is 4.21. The monoisotopic (exact) mass is 220 g/mol. The summed E-state index contributed by atoms with van der Waals surface area (Å²) in [4.78, 5) is 0. The predicted molar refractivity (Wildman–Crippen MR) is 50.0 cm³/mol. The lowest BCUT2D eigenvalue weighted by atomic mass is 9.85. The molecule has 0 saturated heterocycles. The molecule has 0 bridgehead atoms. The number of aliphatic hydroxyl groups is 5. The van der Waals surface area contributed by atoms with Gasteiger partial charge in [-0.05, 0) is 0 Å². The van der Waals surface area contributed by atoms with Crippen molar-refractivity contribution in [3.05, 3.63) is 12.7 Å². The van der Waals surface area contributed by atoms with Gasteiger partial charge in [0.25, 0.3) is 0 Å². The highest BCUT2D eigenvalue weighted by molar-refractivity contribution is 4.99. The van der Waals surface area contributed by atoms with Gasteiger partial charge in [0.2, 0.25) is 0 Å². The van der Waals surface area contributed by atoms with Crippen LogP contribution in [-0.2, 0) is 4.74 Å². The molecule has 0 radical (unpaired) electrons. The standard InChI is InChI=1S/C9H16O6/c1-2-3-15-9-7(13)5(11)4(10)6(12)8(9)14/h2,4-14H,1,3H2/t4?,5-,6-,7-,8+,9?/m0/s1. The number of aliphatic hydroxyl groups excluding tert-OH is 5. The van der Waals surface area contributed by atoms with E-state index in [0.717, 1.165) is 0 Å². The van der Waals surface area contributed by atoms with E-state index in [4.69, 9.17) is 4.74 Å². The van der Waals surface area contributed by atoms with Gasteiger partial charge in [-0.25, -0.2) is 0 Å². The fourth-order valence-corrected chi connectivity index (χ4v) is 1.57. The van der Waals surface area contributed by atoms with Crippen molar-refractivity contribution in [2.45, 2.75) is 36.6 Å². The molecule has 5 N–H and O–H groups in total. The van der Waals surface area contributed by atoms with Crippen molar-refractivity contribution in [1.29, 1.82) is 0 Å². The molecule has 0 heterocycles. The first-order valence-corrected chi connectivity index (χ1v) is 4.63. The van der Waals surface area contributed by atoms with E-state index < -0.39 is 36.6 Å². The highest BCUT2D eigenvalue weighted by Crippen LogP contribution is 2.23. The molecule has 0 aromatic heterocycles. The third-order valence-corrected chi connectivity index (χ3v) is 2.48. The van der Waals surface area contributed by atoms with E-state index in [1.165, 1.54) is 6.08 Å². The summed E-state index contributed by atoms with van der Waals surface area (Å²) in [5.74, 6) is 0. The SMILES string of the molecule is C=CCOC1[C@@H](O)[C@@H](O)C(O)[C@H](O)[C@H]1O. The molecule has 0 aromatic carbocycles. The molecule has 6 heteroatoms. The number of ether oxygens (including phenoxy) is 1. The molecule has 1 rings (SSSR count). The summed E-state index contributed by atoms with van der Waals surface area (Å²) in [5.41, 5.74) is 0. The average Bonchev–Trinajstić information content (AvgIpc) is 2.24. The van der Waals surface area contributed by atoms with Gasteiger partial charge in [0.15, 0.2) is 0 Å². The van der Waals surface area contributed by atoms with Crippen LogP contribution in [0.2, 0.25) is 0 Å². The smallest absolute Gasteiger partial charge is 0.115 e. The summed E-state index contributed by atoms with van der Waals surface area (Å²) >= 11 is 0. The van der Waals surface area contributed by atoms with E-state index in [9.17, 15) is 25.5 Å². The maximum Gasteiger partial charge on any atom is 0.115 e. The van der Waals surface area contributed by atoms with E-state index in [1.54, 1.807) is 0 Å². The highest BCUT2D eigenvalue weighted by atomic mass is 16.5. The number of rotatable bonds is 3. The summed E-state index contributed by atoms with van der Waals surface area (Å²) in [6, 6.07) is 0. The zero-order chi connectivity index (χ0) is 11.6. The quantitative estimate of drug-likeness (QED) is 0.333. The van der Waals surface area contributed by atoms with Crippen LogP contribution in [0.15, 0.2) is 12.7 Å². The van der Waals surface area contributed by atoms with Crippen molar-refractivity contribution < 1.29 is 30.3 Å². The van der Waals surface area contributed by atoms with E-state index in [2.05, 4.69) is 6.58 Å². The molecule has 1 aliphatic rings. The van der Waals surface area contributed by atoms with Gasteiger partial charge in [-0.3, -0.25) is 0 Å². The Bertz CT molecular complexity index is 205. The lowest BCUT2D eigenvalue weighted by molar-refractivity contribution is -0.233. The topological polar surface area (TPSA) is 110 Å². The van der Waals surface area contributed by atoms with Crippen LogP contribution in [0.4, 0.5) is 0 Å². The van der Waals surface area contributed by atoms with E-state index in [1.807, 2.05) is 0 Å². The lowest BCUT2D eigenvalue weighted by Gasteiger charge is -2.41. The van der Waals surface area contributed by atoms with Gasteiger partial charge in [-0.1, -0.05) is 6.08 Å². The number of hydrogen-bond donors (Lipinski definition) is 5. The van der Waals surface area contributed by atoms with E-state index in [0.29, 0.717) is 0 Å². The molecule has 15 heavy (non-hydrogen) atoms. The fourth-order valence-electron chi connectivity index (χ4n) is 1.57. The summed E-state index contributed by atoms with van der Waals surface area (Å²) in [5, 5.41) is 46.9. The Morgan fingerprint density at radius 2 is 1.27 bits per heavy atom. The second-order valence-electron chi connectivity index (χ2n) is 3.54. The Morgan fingerprint density at radius 1 is 0.867 bits per heavy atom. The lowest BCUT2D eigenvalue weighted by Crippen LogP contribution is -2.64. The Labute approximate surface area is 87.0 Å². The summed E-state index contributed by atoms with van der Waals surface area (Å²) in [7, 11) is 0. The van der Waals surface area contributed by atoms with Crippen LogP contribution in [0.25, 0.3) is 0 Å². The maximum atomic E-state index is 9.48. The minimum Gasteiger partial charge on any atom is -0.387 e. The third-order valence-electron chi connectivity index (χ3n) is 2.48. The van der Waals surface area contributed by atoms with Crippen LogP contribution < -0.4 is 0 Å². The van der Waals surface area contributed by atoms with Gasteiger partial charge in [0.05, 0.1) is 6.61 Å². The minimum atomic E-state index is -1.58. The largest absolute Gasteiger partial charge is 0.387 e. The Balaban J connectivity index is 2.72. The summed E-state index contributed by atoms with van der Waals surface area (Å²) < 4.78 is 5.00. The molecule has 6 atom stereocenters. The van der Waals surface area contributed by atoms with Crippen molar-refractivity contribution in [3.8, 4) is 0 Å². The van der Waals surface area contributed by atoms with Crippen LogP contribution in [0, 0.1) is 0 Å². The first-order valence-electron chi connectivity index (χ1n) is 4.63. The Hall–Kier alpha value is -0.500. The first-order chi connectivity index (χ1) is 7.00. The molecular weight excluding hydrogens is 204 g/mol. The average molecular weight is 220 g/mol. The van der Waals surface area contributed by atoms with Crippen molar-refractivity contribution in [3.63, 3.8) is 0 Å². The number of hydrogen-bond acceptors (Lipinski definition) is 6. The van der Waals surface area contributed by atoms with Gasteiger partial charge in [0, 0.05) is 0 Å². The zero-order valence-corrected chi connectivity index (χ0v) is 8.10. The molecule has 0 aromatic rings. The molecule has 0 aliphatic heterocycles. The van der Waals surface area contributed by atoms with Crippen molar-refractivity contribution >= 4 is 0 Å². The molecule has 1 saturated carbocycles. The summed E-state index contributed by atoms with van der Waals surface area (Å²) in [6.07, 6.45) is -7.30. The molecule has 1 fully saturated rings. The van der Waals surface area contributed by atoms with Crippen LogP contribution in [0.1, 0.15) is 0 Å². The van der Waals surface area contributed by atoms with Gasteiger partial charge < -0.3 is 30.3 Å². The molecular formula is C9H16O6. The molecule has 1 aliphatic carbocycles. The van der Waals surface area contributed by atoms with Crippen molar-refractivity contribution in [1.82, 2.24) is 0 Å².